The third kappa shape index (κ3) is 7.41. The number of pyridine rings is 1. The monoisotopic (exact) mass is 517 g/mol. The molecule has 0 atom stereocenters. The first-order chi connectivity index (χ1) is 17.5. The molecule has 4 rings (SSSR count). The number of ketones is 1. The lowest BCUT2D eigenvalue weighted by atomic mass is 10.0. The molecule has 6 nitrogen and oxygen atoms in total. The predicted molar refractivity (Wildman–Crippen MR) is 147 cm³/mol. The van der Waals surface area contributed by atoms with Gasteiger partial charge in [-0.2, -0.15) is 0 Å². The van der Waals surface area contributed by atoms with Gasteiger partial charge >= 0.3 is 5.97 Å². The second-order valence-corrected chi connectivity index (χ2v) is 8.27. The standard InChI is InChI=1S/C30H27NO5.ClH/c1-2-3-18-35-29-17-12-23(30(33)34)19-26(29)28(32)16-10-21-8-14-25(15-9-21)36-20-24-13-11-22-6-4-5-7-27(22)31-24;/h4-17,19H,2-3,18,20H2,1H3,(H,33,34);1H. The van der Waals surface area contributed by atoms with E-state index in [0.717, 1.165) is 35.0 Å². The maximum atomic E-state index is 12.9. The maximum Gasteiger partial charge on any atom is 0.335 e. The summed E-state index contributed by atoms with van der Waals surface area (Å²) < 4.78 is 11.6. The van der Waals surface area contributed by atoms with Gasteiger partial charge < -0.3 is 14.6 Å². The molecule has 0 unspecified atom stereocenters. The van der Waals surface area contributed by atoms with Crippen LogP contribution in [-0.4, -0.2) is 28.4 Å². The van der Waals surface area contributed by atoms with Gasteiger partial charge in [0, 0.05) is 5.39 Å². The molecular formula is C30H28ClNO5. The summed E-state index contributed by atoms with van der Waals surface area (Å²) in [6.07, 6.45) is 4.90. The summed E-state index contributed by atoms with van der Waals surface area (Å²) in [6.45, 7) is 2.85. The van der Waals surface area contributed by atoms with E-state index in [9.17, 15) is 14.7 Å². The van der Waals surface area contributed by atoms with Crippen molar-refractivity contribution in [2.45, 2.75) is 26.4 Å². The van der Waals surface area contributed by atoms with Gasteiger partial charge in [0.25, 0.3) is 0 Å². The average molecular weight is 518 g/mol. The van der Waals surface area contributed by atoms with Crippen molar-refractivity contribution >= 4 is 41.1 Å². The van der Waals surface area contributed by atoms with E-state index in [1.54, 1.807) is 6.08 Å². The van der Waals surface area contributed by atoms with Gasteiger partial charge in [-0.1, -0.05) is 55.8 Å². The Kier molecular flexibility index (Phi) is 9.81. The zero-order chi connectivity index (χ0) is 25.3. The van der Waals surface area contributed by atoms with Crippen molar-refractivity contribution in [1.82, 2.24) is 4.98 Å². The number of carboxylic acid groups (broad SMARTS) is 1. The molecule has 0 aliphatic heterocycles. The summed E-state index contributed by atoms with van der Waals surface area (Å²) in [7, 11) is 0. The lowest BCUT2D eigenvalue weighted by Crippen LogP contribution is -2.06. The molecule has 7 heteroatoms. The van der Waals surface area contributed by atoms with Crippen LogP contribution < -0.4 is 9.47 Å². The number of unbranched alkanes of at least 4 members (excludes halogenated alkanes) is 1. The first-order valence-corrected chi connectivity index (χ1v) is 11.8. The normalized spacial score (nSPS) is 10.7. The van der Waals surface area contributed by atoms with Gasteiger partial charge in [0.15, 0.2) is 5.78 Å². The van der Waals surface area contributed by atoms with E-state index in [1.165, 1.54) is 24.3 Å². The largest absolute Gasteiger partial charge is 0.493 e. The number of hydrogen-bond acceptors (Lipinski definition) is 5. The molecule has 0 aliphatic rings. The van der Waals surface area contributed by atoms with Crippen LogP contribution in [0.5, 0.6) is 11.5 Å². The van der Waals surface area contributed by atoms with E-state index in [1.807, 2.05) is 67.6 Å². The molecule has 4 aromatic rings. The minimum absolute atomic E-state index is 0. The molecule has 0 spiro atoms. The van der Waals surface area contributed by atoms with Crippen LogP contribution >= 0.6 is 12.4 Å². The average Bonchev–Trinajstić information content (AvgIpc) is 2.91. The molecule has 1 N–H and O–H groups in total. The highest BCUT2D eigenvalue weighted by Crippen LogP contribution is 2.23. The highest BCUT2D eigenvalue weighted by molar-refractivity contribution is 6.09. The SMILES string of the molecule is CCCCOc1ccc(C(=O)O)cc1C(=O)C=Cc1ccc(OCc2ccc3ccccc3n2)cc1.Cl. The van der Waals surface area contributed by atoms with Gasteiger partial charge in [-0.3, -0.25) is 4.79 Å². The Morgan fingerprint density at radius 3 is 2.49 bits per heavy atom. The van der Waals surface area contributed by atoms with Crippen LogP contribution in [0, 0.1) is 0 Å². The first kappa shape index (κ1) is 27.4. The van der Waals surface area contributed by atoms with E-state index in [4.69, 9.17) is 9.47 Å². The minimum Gasteiger partial charge on any atom is -0.493 e. The van der Waals surface area contributed by atoms with Crippen LogP contribution in [0.1, 0.15) is 51.7 Å². The molecule has 0 bridgehead atoms. The second kappa shape index (κ2) is 13.2. The van der Waals surface area contributed by atoms with Gasteiger partial charge in [-0.15, -0.1) is 12.4 Å². The Morgan fingerprint density at radius 1 is 0.946 bits per heavy atom. The zero-order valence-corrected chi connectivity index (χ0v) is 21.2. The summed E-state index contributed by atoms with van der Waals surface area (Å²) in [5, 5.41) is 10.4. The van der Waals surface area contributed by atoms with E-state index in [0.29, 0.717) is 24.7 Å². The lowest BCUT2D eigenvalue weighted by Gasteiger charge is -2.10. The number of nitrogens with zero attached hydrogens (tertiary/aromatic N) is 1. The molecule has 0 saturated heterocycles. The van der Waals surface area contributed by atoms with Crippen LogP contribution in [0.15, 0.2) is 84.9 Å². The Labute approximate surface area is 222 Å². The molecule has 1 aromatic heterocycles. The second-order valence-electron chi connectivity index (χ2n) is 8.27. The van der Waals surface area contributed by atoms with Crippen molar-refractivity contribution in [2.75, 3.05) is 6.61 Å². The highest BCUT2D eigenvalue weighted by Gasteiger charge is 2.14. The molecule has 3 aromatic carbocycles. The Hall–Kier alpha value is -4.16. The zero-order valence-electron chi connectivity index (χ0n) is 20.4. The number of fused-ring (bicyclic) bond motifs is 1. The fourth-order valence-electron chi connectivity index (χ4n) is 3.59. The van der Waals surface area contributed by atoms with Crippen LogP contribution in [0.3, 0.4) is 0 Å². The molecular weight excluding hydrogens is 490 g/mol. The van der Waals surface area contributed by atoms with Crippen molar-refractivity contribution in [2.24, 2.45) is 0 Å². The van der Waals surface area contributed by atoms with E-state index >= 15 is 0 Å². The number of carbonyl (C=O) groups excluding carboxylic acids is 1. The number of rotatable bonds is 11. The first-order valence-electron chi connectivity index (χ1n) is 11.8. The summed E-state index contributed by atoms with van der Waals surface area (Å²) in [5.41, 5.74) is 2.84. The number of allylic oxidation sites excluding steroid dienone is 1. The minimum atomic E-state index is -1.09. The van der Waals surface area contributed by atoms with Crippen molar-refractivity contribution in [3.63, 3.8) is 0 Å². The maximum absolute atomic E-state index is 12.9. The van der Waals surface area contributed by atoms with Crippen molar-refractivity contribution in [3.05, 3.63) is 107 Å². The number of carbonyl (C=O) groups is 2. The molecule has 190 valence electrons. The number of ether oxygens (including phenoxy) is 2. The van der Waals surface area contributed by atoms with E-state index in [2.05, 4.69) is 4.98 Å². The van der Waals surface area contributed by atoms with Crippen molar-refractivity contribution in [1.29, 1.82) is 0 Å². The number of aromatic nitrogens is 1. The lowest BCUT2D eigenvalue weighted by molar-refractivity contribution is 0.0697. The number of carboxylic acids is 1. The summed E-state index contributed by atoms with van der Waals surface area (Å²) >= 11 is 0. The quantitative estimate of drug-likeness (QED) is 0.131. The fraction of sp³-hybridized carbons (Fsp3) is 0.167. The Bertz CT molecular complexity index is 1400. The van der Waals surface area contributed by atoms with Crippen LogP contribution in [0.25, 0.3) is 17.0 Å². The number of para-hydroxylation sites is 1. The third-order valence-electron chi connectivity index (χ3n) is 5.60. The molecule has 1 heterocycles. The topological polar surface area (TPSA) is 85.7 Å². The van der Waals surface area contributed by atoms with Crippen LogP contribution in [-0.2, 0) is 6.61 Å². The predicted octanol–water partition coefficient (Wildman–Crippen LogP) is 7.01. The molecule has 0 amide bonds. The summed E-state index contributed by atoms with van der Waals surface area (Å²) in [6, 6.07) is 23.6. The van der Waals surface area contributed by atoms with Gasteiger partial charge in [0.05, 0.1) is 28.9 Å². The smallest absolute Gasteiger partial charge is 0.335 e. The molecule has 0 fully saturated rings. The Balaban J connectivity index is 0.00000380. The van der Waals surface area contributed by atoms with Crippen LogP contribution in [0.4, 0.5) is 0 Å². The summed E-state index contributed by atoms with van der Waals surface area (Å²) in [5.74, 6) is -0.349. The third-order valence-corrected chi connectivity index (χ3v) is 5.60. The van der Waals surface area contributed by atoms with Gasteiger partial charge in [-0.25, -0.2) is 9.78 Å². The molecule has 37 heavy (non-hydrogen) atoms. The van der Waals surface area contributed by atoms with E-state index in [-0.39, 0.29) is 29.3 Å². The number of aromatic carboxylic acids is 1. The number of benzene rings is 3. The van der Waals surface area contributed by atoms with Gasteiger partial charge in [-0.05, 0) is 60.5 Å². The van der Waals surface area contributed by atoms with Crippen LogP contribution in [0.2, 0.25) is 0 Å². The molecule has 0 aliphatic carbocycles. The van der Waals surface area contributed by atoms with Crippen molar-refractivity contribution < 1.29 is 24.2 Å². The molecule has 0 saturated carbocycles. The fourth-order valence-corrected chi connectivity index (χ4v) is 3.59. The van der Waals surface area contributed by atoms with Crippen molar-refractivity contribution in [3.8, 4) is 11.5 Å². The van der Waals surface area contributed by atoms with E-state index < -0.39 is 5.97 Å². The number of halogens is 1. The number of hydrogen-bond donors (Lipinski definition) is 1. The van der Waals surface area contributed by atoms with Gasteiger partial charge in [0.1, 0.15) is 18.1 Å². The highest BCUT2D eigenvalue weighted by atomic mass is 35.5. The molecule has 0 radical (unpaired) electrons. The Morgan fingerprint density at radius 2 is 1.73 bits per heavy atom. The summed E-state index contributed by atoms with van der Waals surface area (Å²) in [4.78, 5) is 28.9. The van der Waals surface area contributed by atoms with Gasteiger partial charge in [0.2, 0.25) is 0 Å².